The third-order valence-electron chi connectivity index (χ3n) is 4.34. The van der Waals surface area contributed by atoms with E-state index in [-0.39, 0.29) is 12.1 Å². The van der Waals surface area contributed by atoms with E-state index in [0.29, 0.717) is 31.0 Å². The van der Waals surface area contributed by atoms with Crippen LogP contribution in [-0.4, -0.2) is 48.4 Å². The summed E-state index contributed by atoms with van der Waals surface area (Å²) in [6.07, 6.45) is 2.66. The lowest BCUT2D eigenvalue weighted by Crippen LogP contribution is -2.47. The Hall–Kier alpha value is -1.46. The van der Waals surface area contributed by atoms with Crippen LogP contribution in [0.5, 0.6) is 5.75 Å². The van der Waals surface area contributed by atoms with Crippen LogP contribution in [0.3, 0.4) is 0 Å². The van der Waals surface area contributed by atoms with Gasteiger partial charge in [-0.15, -0.1) is 0 Å². The Morgan fingerprint density at radius 3 is 3.04 bits per heavy atom. The Balaban J connectivity index is 1.89. The van der Waals surface area contributed by atoms with Crippen LogP contribution >= 0.6 is 11.6 Å². The first-order valence-corrected chi connectivity index (χ1v) is 8.49. The molecule has 2 rings (SSSR count). The number of benzene rings is 1. The molecule has 0 radical (unpaired) electrons. The molecular formula is C17H25ClN2O3. The number of likely N-dealkylation sites (tertiary alicyclic amines) is 1. The van der Waals surface area contributed by atoms with E-state index in [2.05, 4.69) is 5.32 Å². The maximum absolute atomic E-state index is 12.3. The minimum absolute atomic E-state index is 0.0688. The maximum atomic E-state index is 12.3. The van der Waals surface area contributed by atoms with E-state index in [1.165, 1.54) is 0 Å². The second-order valence-electron chi connectivity index (χ2n) is 5.82. The molecule has 0 bridgehead atoms. The largest absolute Gasteiger partial charge is 0.496 e. The van der Waals surface area contributed by atoms with Gasteiger partial charge in [-0.3, -0.25) is 0 Å². The Kier molecular flexibility index (Phi) is 6.54. The number of hydrogen-bond donors (Lipinski definition) is 2. The summed E-state index contributed by atoms with van der Waals surface area (Å²) in [7, 11) is 1.62. The molecule has 1 aliphatic heterocycles. The maximum Gasteiger partial charge on any atom is 0.317 e. The molecule has 1 aliphatic rings. The second kappa shape index (κ2) is 8.41. The standard InChI is InChI=1S/C17H25ClN2O3/c1-3-15(21)14-5-4-10-20(14)17(22)19-9-8-12-11-13(18)6-7-16(12)23-2/h6-7,11,14-15,21H,3-5,8-10H2,1-2H3,(H,19,22)/t14-,15?/m0/s1. The van der Waals surface area contributed by atoms with Gasteiger partial charge in [0.25, 0.3) is 0 Å². The van der Waals surface area contributed by atoms with Crippen LogP contribution in [0.4, 0.5) is 4.79 Å². The first-order chi connectivity index (χ1) is 11.1. The number of nitrogens with one attached hydrogen (secondary N) is 1. The number of urea groups is 1. The summed E-state index contributed by atoms with van der Waals surface area (Å²) in [6, 6.07) is 5.28. The number of amides is 2. The van der Waals surface area contributed by atoms with Crippen molar-refractivity contribution >= 4 is 17.6 Å². The average Bonchev–Trinajstić information content (AvgIpc) is 3.04. The lowest BCUT2D eigenvalue weighted by molar-refractivity contribution is 0.0826. The van der Waals surface area contributed by atoms with Gasteiger partial charge in [0.15, 0.2) is 0 Å². The van der Waals surface area contributed by atoms with E-state index in [4.69, 9.17) is 16.3 Å². The minimum atomic E-state index is -0.448. The average molecular weight is 341 g/mol. The molecule has 1 heterocycles. The molecule has 2 amide bonds. The number of nitrogens with zero attached hydrogens (tertiary/aromatic N) is 1. The molecule has 1 fully saturated rings. The highest BCUT2D eigenvalue weighted by Gasteiger charge is 2.32. The highest BCUT2D eigenvalue weighted by molar-refractivity contribution is 6.30. The number of hydrogen-bond acceptors (Lipinski definition) is 3. The molecule has 6 heteroatoms. The van der Waals surface area contributed by atoms with Crippen molar-refractivity contribution in [3.8, 4) is 5.75 Å². The van der Waals surface area contributed by atoms with Crippen LogP contribution in [0, 0.1) is 0 Å². The predicted molar refractivity (Wildman–Crippen MR) is 91.1 cm³/mol. The Morgan fingerprint density at radius 2 is 2.35 bits per heavy atom. The van der Waals surface area contributed by atoms with Gasteiger partial charge in [-0.05, 0) is 49.4 Å². The number of aliphatic hydroxyl groups is 1. The van der Waals surface area contributed by atoms with E-state index in [0.717, 1.165) is 24.2 Å². The van der Waals surface area contributed by atoms with Gasteiger partial charge >= 0.3 is 6.03 Å². The molecule has 1 aromatic rings. The summed E-state index contributed by atoms with van der Waals surface area (Å²) >= 11 is 6.01. The molecule has 1 saturated heterocycles. The van der Waals surface area contributed by atoms with Crippen LogP contribution in [0.2, 0.25) is 5.02 Å². The smallest absolute Gasteiger partial charge is 0.317 e. The first-order valence-electron chi connectivity index (χ1n) is 8.11. The third kappa shape index (κ3) is 4.52. The van der Waals surface area contributed by atoms with Crippen molar-refractivity contribution in [1.82, 2.24) is 10.2 Å². The first kappa shape index (κ1) is 17.9. The molecule has 0 aromatic heterocycles. The number of halogens is 1. The molecule has 2 atom stereocenters. The van der Waals surface area contributed by atoms with E-state index in [9.17, 15) is 9.90 Å². The molecule has 5 nitrogen and oxygen atoms in total. The molecule has 0 saturated carbocycles. The monoisotopic (exact) mass is 340 g/mol. The van der Waals surface area contributed by atoms with Crippen molar-refractivity contribution in [2.24, 2.45) is 0 Å². The predicted octanol–water partition coefficient (Wildman–Crippen LogP) is 2.84. The Bertz CT molecular complexity index is 539. The zero-order valence-electron chi connectivity index (χ0n) is 13.7. The van der Waals surface area contributed by atoms with Crippen LogP contribution in [0.25, 0.3) is 0 Å². The summed E-state index contributed by atoms with van der Waals surface area (Å²) in [6.45, 7) is 3.14. The van der Waals surface area contributed by atoms with Crippen molar-refractivity contribution in [2.45, 2.75) is 44.8 Å². The van der Waals surface area contributed by atoms with Gasteiger partial charge in [-0.2, -0.15) is 0 Å². The van der Waals surface area contributed by atoms with Gasteiger partial charge in [-0.1, -0.05) is 18.5 Å². The van der Waals surface area contributed by atoms with Crippen LogP contribution in [0.15, 0.2) is 18.2 Å². The molecule has 1 unspecified atom stereocenters. The van der Waals surface area contributed by atoms with Crippen LogP contribution in [0.1, 0.15) is 31.7 Å². The molecule has 0 spiro atoms. The fraction of sp³-hybridized carbons (Fsp3) is 0.588. The topological polar surface area (TPSA) is 61.8 Å². The lowest BCUT2D eigenvalue weighted by atomic mass is 10.1. The number of carbonyl (C=O) groups is 1. The number of carbonyl (C=O) groups excluding carboxylic acids is 1. The second-order valence-corrected chi connectivity index (χ2v) is 6.25. The van der Waals surface area contributed by atoms with E-state index < -0.39 is 6.10 Å². The van der Waals surface area contributed by atoms with Gasteiger partial charge in [0.1, 0.15) is 5.75 Å². The highest BCUT2D eigenvalue weighted by Crippen LogP contribution is 2.23. The number of rotatable bonds is 6. The molecule has 23 heavy (non-hydrogen) atoms. The lowest BCUT2D eigenvalue weighted by Gasteiger charge is -2.28. The zero-order valence-corrected chi connectivity index (χ0v) is 14.5. The van der Waals surface area contributed by atoms with Crippen molar-refractivity contribution in [1.29, 1.82) is 0 Å². The van der Waals surface area contributed by atoms with Crippen molar-refractivity contribution in [2.75, 3.05) is 20.2 Å². The molecule has 1 aromatic carbocycles. The Labute approximate surface area is 142 Å². The zero-order chi connectivity index (χ0) is 16.8. The van der Waals surface area contributed by atoms with Crippen molar-refractivity contribution in [3.05, 3.63) is 28.8 Å². The molecule has 128 valence electrons. The van der Waals surface area contributed by atoms with Crippen molar-refractivity contribution in [3.63, 3.8) is 0 Å². The fourth-order valence-corrected chi connectivity index (χ4v) is 3.26. The van der Waals surface area contributed by atoms with E-state index >= 15 is 0 Å². The molecule has 2 N–H and O–H groups in total. The number of methoxy groups -OCH3 is 1. The summed E-state index contributed by atoms with van der Waals surface area (Å²) in [4.78, 5) is 14.1. The summed E-state index contributed by atoms with van der Waals surface area (Å²) in [5.74, 6) is 0.768. The minimum Gasteiger partial charge on any atom is -0.496 e. The Morgan fingerprint density at radius 1 is 1.57 bits per heavy atom. The summed E-state index contributed by atoms with van der Waals surface area (Å²) in [5.41, 5.74) is 0.965. The van der Waals surface area contributed by atoms with Crippen molar-refractivity contribution < 1.29 is 14.6 Å². The summed E-state index contributed by atoms with van der Waals surface area (Å²) < 4.78 is 5.31. The van der Waals surface area contributed by atoms with Gasteiger partial charge in [0.2, 0.25) is 0 Å². The van der Waals surface area contributed by atoms with E-state index in [1.807, 2.05) is 19.1 Å². The van der Waals surface area contributed by atoms with Crippen LogP contribution < -0.4 is 10.1 Å². The molecule has 0 aliphatic carbocycles. The molecular weight excluding hydrogens is 316 g/mol. The van der Waals surface area contributed by atoms with Gasteiger partial charge < -0.3 is 20.1 Å². The van der Waals surface area contributed by atoms with Crippen LogP contribution in [-0.2, 0) is 6.42 Å². The van der Waals surface area contributed by atoms with Gasteiger partial charge in [-0.25, -0.2) is 4.79 Å². The SMILES string of the molecule is CCC(O)[C@@H]1CCCN1C(=O)NCCc1cc(Cl)ccc1OC. The van der Waals surface area contributed by atoms with Gasteiger partial charge in [0.05, 0.1) is 19.3 Å². The summed E-state index contributed by atoms with van der Waals surface area (Å²) in [5, 5.41) is 13.6. The van der Waals surface area contributed by atoms with Gasteiger partial charge in [0, 0.05) is 18.1 Å². The van der Waals surface area contributed by atoms with E-state index in [1.54, 1.807) is 18.1 Å². The number of ether oxygens (including phenoxy) is 1. The number of aliphatic hydroxyl groups excluding tert-OH is 1. The third-order valence-corrected chi connectivity index (χ3v) is 4.57. The fourth-order valence-electron chi connectivity index (χ4n) is 3.06. The quantitative estimate of drug-likeness (QED) is 0.837. The highest BCUT2D eigenvalue weighted by atomic mass is 35.5. The normalized spacial score (nSPS) is 18.8.